The highest BCUT2D eigenvalue weighted by Crippen LogP contribution is 2.24. The van der Waals surface area contributed by atoms with Gasteiger partial charge >= 0.3 is 5.69 Å². The number of rotatable bonds is 2. The third-order valence-corrected chi connectivity index (χ3v) is 3.05. The van der Waals surface area contributed by atoms with Crippen LogP contribution in [0.15, 0.2) is 23.0 Å². The van der Waals surface area contributed by atoms with Crippen LogP contribution in [0.25, 0.3) is 5.69 Å². The van der Waals surface area contributed by atoms with E-state index in [1.165, 1.54) is 9.25 Å². The summed E-state index contributed by atoms with van der Waals surface area (Å²) < 4.78 is 2.66. The fraction of sp³-hybridized carbons (Fsp3) is 0.200. The molecule has 7 heteroatoms. The van der Waals surface area contributed by atoms with E-state index in [-0.39, 0.29) is 5.69 Å². The van der Waals surface area contributed by atoms with Crippen molar-refractivity contribution in [3.05, 3.63) is 38.7 Å². The van der Waals surface area contributed by atoms with Crippen LogP contribution in [-0.4, -0.2) is 21.4 Å². The highest BCUT2D eigenvalue weighted by Gasteiger charge is 2.12. The molecule has 0 atom stereocenters. The zero-order valence-electron chi connectivity index (χ0n) is 9.24. The molecule has 17 heavy (non-hydrogen) atoms. The van der Waals surface area contributed by atoms with Crippen molar-refractivity contribution in [1.29, 1.82) is 0 Å². The molecular formula is C10H10Cl2N4O. The molecule has 0 unspecified atom stereocenters. The van der Waals surface area contributed by atoms with Gasteiger partial charge in [0.25, 0.3) is 0 Å². The number of halogens is 2. The van der Waals surface area contributed by atoms with E-state index in [4.69, 9.17) is 23.2 Å². The largest absolute Gasteiger partial charge is 0.357 e. The molecule has 0 spiro atoms. The first-order valence-corrected chi connectivity index (χ1v) is 5.59. The number of benzene rings is 1. The average molecular weight is 273 g/mol. The van der Waals surface area contributed by atoms with Crippen LogP contribution in [0.5, 0.6) is 0 Å². The first-order chi connectivity index (χ1) is 8.04. The first-order valence-electron chi connectivity index (χ1n) is 4.84. The Labute approximate surface area is 108 Å². The summed E-state index contributed by atoms with van der Waals surface area (Å²) in [4.78, 5) is 11.9. The maximum Gasteiger partial charge on any atom is 0.351 e. The molecule has 0 bridgehead atoms. The van der Waals surface area contributed by atoms with Gasteiger partial charge in [-0.2, -0.15) is 0 Å². The average Bonchev–Trinajstić information content (AvgIpc) is 2.59. The van der Waals surface area contributed by atoms with Crippen LogP contribution in [0.4, 0.5) is 5.95 Å². The minimum atomic E-state index is -0.257. The zero-order valence-corrected chi connectivity index (χ0v) is 10.7. The third-order valence-electron chi connectivity index (χ3n) is 2.31. The van der Waals surface area contributed by atoms with Gasteiger partial charge in [-0.3, -0.25) is 0 Å². The summed E-state index contributed by atoms with van der Waals surface area (Å²) in [7, 11) is 3.27. The Hall–Kier alpha value is -1.46. The highest BCUT2D eigenvalue weighted by atomic mass is 35.5. The smallest absolute Gasteiger partial charge is 0.351 e. The first kappa shape index (κ1) is 12.0. The monoisotopic (exact) mass is 272 g/mol. The van der Waals surface area contributed by atoms with E-state index in [1.54, 1.807) is 32.3 Å². The quantitative estimate of drug-likeness (QED) is 0.909. The Morgan fingerprint density at radius 2 is 2.00 bits per heavy atom. The molecule has 0 aliphatic heterocycles. The van der Waals surface area contributed by atoms with Crippen molar-refractivity contribution in [2.45, 2.75) is 0 Å². The van der Waals surface area contributed by atoms with Gasteiger partial charge < -0.3 is 5.32 Å². The predicted octanol–water partition coefficient (Wildman–Crippen LogP) is 1.92. The van der Waals surface area contributed by atoms with Crippen molar-refractivity contribution >= 4 is 29.2 Å². The molecular weight excluding hydrogens is 263 g/mol. The molecule has 1 aromatic heterocycles. The zero-order chi connectivity index (χ0) is 12.6. The van der Waals surface area contributed by atoms with Crippen LogP contribution < -0.4 is 11.0 Å². The molecule has 90 valence electrons. The van der Waals surface area contributed by atoms with E-state index >= 15 is 0 Å². The van der Waals surface area contributed by atoms with Gasteiger partial charge in [0.2, 0.25) is 5.95 Å². The van der Waals surface area contributed by atoms with Crippen LogP contribution in [-0.2, 0) is 7.05 Å². The Morgan fingerprint density at radius 1 is 1.29 bits per heavy atom. The summed E-state index contributed by atoms with van der Waals surface area (Å²) in [5.41, 5.74) is 0.356. The molecule has 0 radical (unpaired) electrons. The van der Waals surface area contributed by atoms with Gasteiger partial charge in [-0.25, -0.2) is 14.0 Å². The van der Waals surface area contributed by atoms with Gasteiger partial charge in [0.1, 0.15) is 0 Å². The molecule has 0 aliphatic rings. The fourth-order valence-corrected chi connectivity index (χ4v) is 1.78. The number of aromatic nitrogens is 3. The van der Waals surface area contributed by atoms with Gasteiger partial charge in [0, 0.05) is 14.1 Å². The number of hydrogen-bond donors (Lipinski definition) is 1. The third kappa shape index (κ3) is 2.03. The molecule has 0 amide bonds. The predicted molar refractivity (Wildman–Crippen MR) is 68.4 cm³/mol. The van der Waals surface area contributed by atoms with Crippen molar-refractivity contribution in [2.75, 3.05) is 12.4 Å². The fourth-order valence-electron chi connectivity index (χ4n) is 1.48. The number of anilines is 1. The van der Waals surface area contributed by atoms with E-state index in [0.29, 0.717) is 21.7 Å². The van der Waals surface area contributed by atoms with E-state index in [0.717, 1.165) is 0 Å². The van der Waals surface area contributed by atoms with Crippen molar-refractivity contribution in [1.82, 2.24) is 14.3 Å². The van der Waals surface area contributed by atoms with Gasteiger partial charge in [0.15, 0.2) is 0 Å². The lowest BCUT2D eigenvalue weighted by Gasteiger charge is -2.05. The van der Waals surface area contributed by atoms with Gasteiger partial charge in [-0.15, -0.1) is 5.10 Å². The number of nitrogens with one attached hydrogen (secondary N) is 1. The summed E-state index contributed by atoms with van der Waals surface area (Å²) in [6.07, 6.45) is 0. The van der Waals surface area contributed by atoms with Crippen LogP contribution in [0.3, 0.4) is 0 Å². The highest BCUT2D eigenvalue weighted by molar-refractivity contribution is 6.42. The van der Waals surface area contributed by atoms with Gasteiger partial charge in [-0.1, -0.05) is 23.2 Å². The molecule has 1 N–H and O–H groups in total. The second-order valence-electron chi connectivity index (χ2n) is 3.41. The van der Waals surface area contributed by atoms with Gasteiger partial charge in [0.05, 0.1) is 15.7 Å². The second-order valence-corrected chi connectivity index (χ2v) is 4.23. The van der Waals surface area contributed by atoms with E-state index in [9.17, 15) is 4.79 Å². The normalized spacial score (nSPS) is 10.6. The maximum absolute atomic E-state index is 11.9. The summed E-state index contributed by atoms with van der Waals surface area (Å²) in [5.74, 6) is 0.441. The molecule has 0 fully saturated rings. The summed E-state index contributed by atoms with van der Waals surface area (Å²) >= 11 is 11.8. The Bertz CT molecular complexity index is 617. The SMILES string of the molecule is CNc1nn(C)c(=O)n1-c1ccc(Cl)c(Cl)c1. The lowest BCUT2D eigenvalue weighted by molar-refractivity contribution is 0.727. The molecule has 0 aliphatic carbocycles. The molecule has 2 aromatic rings. The molecule has 0 saturated heterocycles. The van der Waals surface area contributed by atoms with E-state index in [2.05, 4.69) is 10.4 Å². The summed E-state index contributed by atoms with van der Waals surface area (Å²) in [6.45, 7) is 0. The minimum absolute atomic E-state index is 0.257. The molecule has 0 saturated carbocycles. The number of hydrogen-bond acceptors (Lipinski definition) is 3. The second kappa shape index (κ2) is 4.43. The Balaban J connectivity index is 2.67. The Morgan fingerprint density at radius 3 is 2.59 bits per heavy atom. The van der Waals surface area contributed by atoms with Crippen LogP contribution in [0.1, 0.15) is 0 Å². The van der Waals surface area contributed by atoms with Gasteiger partial charge in [-0.05, 0) is 18.2 Å². The maximum atomic E-state index is 11.9. The minimum Gasteiger partial charge on any atom is -0.357 e. The standard InChI is InChI=1S/C10H10Cl2N4O/c1-13-9-14-15(2)10(17)16(9)6-3-4-7(11)8(12)5-6/h3-5H,1-2H3,(H,13,14). The lowest BCUT2D eigenvalue weighted by atomic mass is 10.3. The van der Waals surface area contributed by atoms with Crippen molar-refractivity contribution < 1.29 is 0 Å². The molecule has 5 nitrogen and oxygen atoms in total. The Kier molecular flexibility index (Phi) is 3.13. The topological polar surface area (TPSA) is 51.9 Å². The van der Waals surface area contributed by atoms with Crippen LogP contribution in [0, 0.1) is 0 Å². The summed E-state index contributed by atoms with van der Waals surface area (Å²) in [6, 6.07) is 4.96. The summed E-state index contributed by atoms with van der Waals surface area (Å²) in [5, 5.41) is 7.72. The van der Waals surface area contributed by atoms with Crippen LogP contribution in [0.2, 0.25) is 10.0 Å². The van der Waals surface area contributed by atoms with Crippen molar-refractivity contribution in [2.24, 2.45) is 7.05 Å². The van der Waals surface area contributed by atoms with Crippen LogP contribution >= 0.6 is 23.2 Å². The van der Waals surface area contributed by atoms with E-state index < -0.39 is 0 Å². The molecule has 2 rings (SSSR count). The lowest BCUT2D eigenvalue weighted by Crippen LogP contribution is -2.21. The molecule has 1 aromatic carbocycles. The molecule has 1 heterocycles. The van der Waals surface area contributed by atoms with E-state index in [1.807, 2.05) is 0 Å². The van der Waals surface area contributed by atoms with Crippen molar-refractivity contribution in [3.8, 4) is 5.69 Å². The van der Waals surface area contributed by atoms with Crippen molar-refractivity contribution in [3.63, 3.8) is 0 Å². The number of aryl methyl sites for hydroxylation is 1. The number of nitrogens with zero attached hydrogens (tertiary/aromatic N) is 3.